The zero-order valence-electron chi connectivity index (χ0n) is 24.5. The Balaban J connectivity index is 1.59. The average Bonchev–Trinajstić information content (AvgIpc) is 3.58. The van der Waals surface area contributed by atoms with E-state index in [1.54, 1.807) is 51.9 Å². The highest BCUT2D eigenvalue weighted by Gasteiger charge is 2.78. The van der Waals surface area contributed by atoms with Crippen LogP contribution in [0.5, 0.6) is 0 Å². The number of allylic oxidation sites excluding steroid dienone is 1. The quantitative estimate of drug-likeness (QED) is 0.182. The summed E-state index contributed by atoms with van der Waals surface area (Å²) in [4.78, 5) is 46.4. The molecule has 3 fully saturated rings. The molecule has 5 rings (SSSR count). The standard InChI is InChI=1S/C34H39ClN2O5S/c1-4-6-12-20-42-32(41)28-27-30(39)37(24(22-38)21-23-13-8-7-9-14-23)29(34(27)18-17-33(28,3)43-34)31(40)36(19-5-2)26-16-11-10-15-25(26)35/h4-5,7-11,13-16,24,27-29,38H,1-2,6,12,17-22H2,3H3/t24-,27+,28+,29?,33-,34?/m1/s1. The van der Waals surface area contributed by atoms with E-state index >= 15 is 0 Å². The molecular weight excluding hydrogens is 584 g/mol. The van der Waals surface area contributed by atoms with Crippen molar-refractivity contribution < 1.29 is 24.2 Å². The maximum Gasteiger partial charge on any atom is 0.311 e. The SMILES string of the molecule is C=CCCCOC(=O)[C@@H]1[C@H]2C(=O)N([C@@H](CO)Cc3ccccc3)C(C(=O)N(CC=C)c3ccccc3Cl)C23CC[C@@]1(C)S3. The van der Waals surface area contributed by atoms with E-state index in [-0.39, 0.29) is 31.6 Å². The number of thioether (sulfide) groups is 1. The van der Waals surface area contributed by atoms with Crippen molar-refractivity contribution in [2.24, 2.45) is 11.8 Å². The Morgan fingerprint density at radius 1 is 1.16 bits per heavy atom. The van der Waals surface area contributed by atoms with Gasteiger partial charge in [-0.05, 0) is 56.7 Å². The van der Waals surface area contributed by atoms with Crippen LogP contribution in [0.4, 0.5) is 5.69 Å². The van der Waals surface area contributed by atoms with Crippen molar-refractivity contribution in [1.82, 2.24) is 4.90 Å². The predicted molar refractivity (Wildman–Crippen MR) is 171 cm³/mol. The zero-order valence-corrected chi connectivity index (χ0v) is 26.1. The lowest BCUT2D eigenvalue weighted by atomic mass is 9.66. The monoisotopic (exact) mass is 622 g/mol. The van der Waals surface area contributed by atoms with E-state index in [0.29, 0.717) is 36.4 Å². The van der Waals surface area contributed by atoms with E-state index in [9.17, 15) is 19.5 Å². The Bertz CT molecular complexity index is 1390. The van der Waals surface area contributed by atoms with Crippen LogP contribution in [0.25, 0.3) is 0 Å². The molecule has 1 N–H and O–H groups in total. The third kappa shape index (κ3) is 5.54. The number of benzene rings is 2. The van der Waals surface area contributed by atoms with Gasteiger partial charge in [-0.15, -0.1) is 24.9 Å². The molecule has 6 atom stereocenters. The van der Waals surface area contributed by atoms with Gasteiger partial charge in [-0.2, -0.15) is 0 Å². The van der Waals surface area contributed by atoms with Gasteiger partial charge in [-0.3, -0.25) is 14.4 Å². The number of ether oxygens (including phenoxy) is 1. The molecule has 3 aliphatic rings. The second-order valence-electron chi connectivity index (χ2n) is 11.8. The number of halogens is 1. The van der Waals surface area contributed by atoms with Gasteiger partial charge in [0.1, 0.15) is 6.04 Å². The van der Waals surface area contributed by atoms with Gasteiger partial charge in [0.25, 0.3) is 5.91 Å². The number of aliphatic hydroxyl groups excluding tert-OH is 1. The van der Waals surface area contributed by atoms with Gasteiger partial charge >= 0.3 is 5.97 Å². The summed E-state index contributed by atoms with van der Waals surface area (Å²) in [5, 5.41) is 11.1. The Kier molecular flexibility index (Phi) is 9.40. The topological polar surface area (TPSA) is 87.1 Å². The summed E-state index contributed by atoms with van der Waals surface area (Å²) in [6.07, 6.45) is 6.41. The van der Waals surface area contributed by atoms with Crippen molar-refractivity contribution in [1.29, 1.82) is 0 Å². The van der Waals surface area contributed by atoms with E-state index in [1.807, 2.05) is 43.3 Å². The second kappa shape index (κ2) is 12.9. The Labute approximate surface area is 262 Å². The molecule has 2 aromatic carbocycles. The van der Waals surface area contributed by atoms with Gasteiger partial charge < -0.3 is 19.6 Å². The number of unbranched alkanes of at least 4 members (excludes halogenated alkanes) is 1. The molecule has 0 radical (unpaired) electrons. The Hall–Kier alpha value is -3.07. The number of esters is 1. The first-order valence-electron chi connectivity index (χ1n) is 14.8. The molecule has 43 heavy (non-hydrogen) atoms. The zero-order chi connectivity index (χ0) is 30.8. The number of para-hydroxylation sites is 1. The van der Waals surface area contributed by atoms with Gasteiger partial charge in [0.05, 0.1) is 46.5 Å². The first kappa shape index (κ1) is 31.4. The van der Waals surface area contributed by atoms with Crippen LogP contribution in [-0.4, -0.2) is 69.1 Å². The van der Waals surface area contributed by atoms with Crippen LogP contribution in [0.2, 0.25) is 5.02 Å². The van der Waals surface area contributed by atoms with Gasteiger partial charge in [-0.25, -0.2) is 0 Å². The van der Waals surface area contributed by atoms with E-state index in [4.69, 9.17) is 16.3 Å². The van der Waals surface area contributed by atoms with Crippen LogP contribution in [0.3, 0.4) is 0 Å². The highest BCUT2D eigenvalue weighted by molar-refractivity contribution is 8.02. The number of aliphatic hydroxyl groups is 1. The van der Waals surface area contributed by atoms with Gasteiger partial charge in [0.15, 0.2) is 0 Å². The number of anilines is 1. The maximum absolute atomic E-state index is 14.9. The Morgan fingerprint density at radius 3 is 2.56 bits per heavy atom. The van der Waals surface area contributed by atoms with Crippen molar-refractivity contribution >= 4 is 46.8 Å². The number of nitrogens with zero attached hydrogens (tertiary/aromatic N) is 2. The van der Waals surface area contributed by atoms with Gasteiger partial charge in [-0.1, -0.05) is 66.2 Å². The number of fused-ring (bicyclic) bond motifs is 1. The van der Waals surface area contributed by atoms with Crippen LogP contribution in [0.1, 0.15) is 38.2 Å². The lowest BCUT2D eigenvalue weighted by Crippen LogP contribution is -2.58. The van der Waals surface area contributed by atoms with Crippen molar-refractivity contribution in [2.75, 3.05) is 24.7 Å². The third-order valence-electron chi connectivity index (χ3n) is 9.14. The summed E-state index contributed by atoms with van der Waals surface area (Å²) in [6, 6.07) is 15.1. The molecule has 2 amide bonds. The molecule has 0 saturated carbocycles. The fraction of sp³-hybridized carbons (Fsp3) is 0.441. The summed E-state index contributed by atoms with van der Waals surface area (Å²) in [5.41, 5.74) is 1.46. The minimum atomic E-state index is -0.924. The Morgan fingerprint density at radius 2 is 1.88 bits per heavy atom. The predicted octanol–water partition coefficient (Wildman–Crippen LogP) is 5.45. The molecule has 3 heterocycles. The van der Waals surface area contributed by atoms with Crippen molar-refractivity contribution in [3.05, 3.63) is 90.5 Å². The number of hydrogen-bond donors (Lipinski definition) is 1. The van der Waals surface area contributed by atoms with E-state index in [1.165, 1.54) is 0 Å². The molecule has 0 aromatic heterocycles. The summed E-state index contributed by atoms with van der Waals surface area (Å²) in [5.74, 6) is -2.43. The summed E-state index contributed by atoms with van der Waals surface area (Å²) in [6.45, 7) is 9.71. The van der Waals surface area contributed by atoms with E-state index in [0.717, 1.165) is 12.0 Å². The minimum absolute atomic E-state index is 0.182. The molecule has 3 aliphatic heterocycles. The van der Waals surface area contributed by atoms with Crippen molar-refractivity contribution in [3.63, 3.8) is 0 Å². The molecule has 0 aliphatic carbocycles. The van der Waals surface area contributed by atoms with E-state index in [2.05, 4.69) is 13.2 Å². The molecule has 2 bridgehead atoms. The van der Waals surface area contributed by atoms with Crippen molar-refractivity contribution in [2.45, 2.75) is 60.6 Å². The minimum Gasteiger partial charge on any atom is -0.465 e. The summed E-state index contributed by atoms with van der Waals surface area (Å²) < 4.78 is 4.32. The lowest BCUT2D eigenvalue weighted by molar-refractivity contribution is -0.156. The fourth-order valence-corrected chi connectivity index (χ4v) is 9.84. The molecule has 2 aromatic rings. The second-order valence-corrected chi connectivity index (χ2v) is 14.1. The number of carbonyl (C=O) groups excluding carboxylic acids is 3. The van der Waals surface area contributed by atoms with Crippen LogP contribution < -0.4 is 4.90 Å². The molecule has 228 valence electrons. The van der Waals surface area contributed by atoms with Gasteiger partial charge in [0, 0.05) is 11.3 Å². The van der Waals surface area contributed by atoms with E-state index < -0.39 is 39.4 Å². The summed E-state index contributed by atoms with van der Waals surface area (Å²) in [7, 11) is 0. The highest BCUT2D eigenvalue weighted by atomic mass is 35.5. The first-order valence-corrected chi connectivity index (χ1v) is 16.0. The lowest BCUT2D eigenvalue weighted by Gasteiger charge is -2.39. The smallest absolute Gasteiger partial charge is 0.311 e. The molecular formula is C34H39ClN2O5S. The maximum atomic E-state index is 14.9. The number of rotatable bonds is 13. The first-order chi connectivity index (χ1) is 20.7. The largest absolute Gasteiger partial charge is 0.465 e. The summed E-state index contributed by atoms with van der Waals surface area (Å²) >= 11 is 8.17. The highest BCUT2D eigenvalue weighted by Crippen LogP contribution is 2.72. The number of carbonyl (C=O) groups is 3. The number of amides is 2. The molecule has 9 heteroatoms. The normalized spacial score (nSPS) is 27.9. The molecule has 3 saturated heterocycles. The molecule has 2 unspecified atom stereocenters. The van der Waals surface area contributed by atoms with Crippen LogP contribution in [0, 0.1) is 11.8 Å². The number of likely N-dealkylation sites (tertiary alicyclic amines) is 1. The average molecular weight is 623 g/mol. The van der Waals surface area contributed by atoms with Crippen LogP contribution in [0.15, 0.2) is 79.9 Å². The number of hydrogen-bond acceptors (Lipinski definition) is 6. The van der Waals surface area contributed by atoms with Crippen molar-refractivity contribution in [3.8, 4) is 0 Å². The van der Waals surface area contributed by atoms with Gasteiger partial charge in [0.2, 0.25) is 5.91 Å². The fourth-order valence-electron chi connectivity index (χ4n) is 7.28. The third-order valence-corrected chi connectivity index (χ3v) is 11.4. The van der Waals surface area contributed by atoms with Crippen LogP contribution >= 0.6 is 23.4 Å². The molecule has 7 nitrogen and oxygen atoms in total. The molecule has 1 spiro atoms. The van der Waals surface area contributed by atoms with Crippen LogP contribution in [-0.2, 0) is 25.5 Å².